The van der Waals surface area contributed by atoms with Crippen molar-refractivity contribution in [1.82, 2.24) is 10.0 Å². The number of hydrogen-bond acceptors (Lipinski definition) is 6. The lowest BCUT2D eigenvalue weighted by Gasteiger charge is -2.47. The number of hydrazine groups is 1. The first-order valence-electron chi connectivity index (χ1n) is 5.25. The van der Waals surface area contributed by atoms with Gasteiger partial charge in [-0.15, -0.1) is 0 Å². The molecule has 0 bridgehead atoms. The Hall–Kier alpha value is -2.54. The van der Waals surface area contributed by atoms with E-state index in [-0.39, 0.29) is 0 Å². The zero-order chi connectivity index (χ0) is 14.0. The summed E-state index contributed by atoms with van der Waals surface area (Å²) in [5.41, 5.74) is -3.58. The maximum Gasteiger partial charge on any atom is 0.260 e. The van der Waals surface area contributed by atoms with E-state index in [9.17, 15) is 21.0 Å². The number of rotatable bonds is 1. The third kappa shape index (κ3) is 1.34. The van der Waals surface area contributed by atoms with Crippen LogP contribution in [0.5, 0.6) is 0 Å². The van der Waals surface area contributed by atoms with E-state index in [2.05, 4.69) is 0 Å². The average molecular weight is 240 g/mol. The maximum absolute atomic E-state index is 9.40. The summed E-state index contributed by atoms with van der Waals surface area (Å²) in [5.74, 6) is -0.511. The molecule has 0 radical (unpaired) electrons. The molecular formula is C12H12N6. The lowest BCUT2D eigenvalue weighted by Crippen LogP contribution is -2.63. The van der Waals surface area contributed by atoms with Gasteiger partial charge in [-0.1, -0.05) is 13.0 Å². The minimum absolute atomic E-state index is 0.511. The van der Waals surface area contributed by atoms with Crippen LogP contribution < -0.4 is 0 Å². The third-order valence-corrected chi connectivity index (χ3v) is 3.22. The summed E-state index contributed by atoms with van der Waals surface area (Å²) in [6.45, 7) is 1.65. The lowest BCUT2D eigenvalue weighted by molar-refractivity contribution is -0.0289. The Labute approximate surface area is 106 Å². The zero-order valence-electron chi connectivity index (χ0n) is 10.4. The molecule has 0 N–H and O–H groups in total. The van der Waals surface area contributed by atoms with Crippen LogP contribution in [0, 0.1) is 56.7 Å². The predicted octanol–water partition coefficient (Wildman–Crippen LogP) is 0.748. The minimum Gasteiger partial charge on any atom is -0.278 e. The van der Waals surface area contributed by atoms with E-state index in [1.54, 1.807) is 33.3 Å². The van der Waals surface area contributed by atoms with Crippen molar-refractivity contribution in [2.24, 2.45) is 11.3 Å². The van der Waals surface area contributed by atoms with Crippen molar-refractivity contribution in [3.05, 3.63) is 12.3 Å². The van der Waals surface area contributed by atoms with Crippen molar-refractivity contribution < 1.29 is 0 Å². The van der Waals surface area contributed by atoms with Crippen LogP contribution >= 0.6 is 0 Å². The summed E-state index contributed by atoms with van der Waals surface area (Å²) in [4.78, 5) is 0. The van der Waals surface area contributed by atoms with Crippen LogP contribution in [0.4, 0.5) is 0 Å². The largest absolute Gasteiger partial charge is 0.278 e. The third-order valence-electron chi connectivity index (χ3n) is 3.22. The Kier molecular flexibility index (Phi) is 3.29. The maximum atomic E-state index is 9.40. The molecule has 0 spiro atoms. The Morgan fingerprint density at radius 2 is 1.56 bits per heavy atom. The monoisotopic (exact) mass is 240 g/mol. The molecule has 0 amide bonds. The predicted molar refractivity (Wildman–Crippen MR) is 61.4 cm³/mol. The molecule has 1 heterocycles. The summed E-state index contributed by atoms with van der Waals surface area (Å²) in [6, 6.07) is 7.43. The van der Waals surface area contributed by atoms with Gasteiger partial charge in [-0.05, 0) is 0 Å². The second-order valence-corrected chi connectivity index (χ2v) is 4.29. The molecule has 6 heteroatoms. The molecule has 0 aromatic heterocycles. The van der Waals surface area contributed by atoms with Crippen LogP contribution in [-0.2, 0) is 0 Å². The van der Waals surface area contributed by atoms with Gasteiger partial charge < -0.3 is 0 Å². The molecule has 1 atom stereocenters. The van der Waals surface area contributed by atoms with Crippen LogP contribution in [0.3, 0.4) is 0 Å². The zero-order valence-corrected chi connectivity index (χ0v) is 10.4. The van der Waals surface area contributed by atoms with Gasteiger partial charge in [0.2, 0.25) is 5.41 Å². The van der Waals surface area contributed by atoms with Crippen molar-refractivity contribution >= 4 is 0 Å². The highest BCUT2D eigenvalue weighted by atomic mass is 15.6. The van der Waals surface area contributed by atoms with Crippen LogP contribution in [0.2, 0.25) is 0 Å². The molecule has 90 valence electrons. The summed E-state index contributed by atoms with van der Waals surface area (Å²) in [5, 5.41) is 40.3. The Bertz CT molecular complexity index is 505. The van der Waals surface area contributed by atoms with E-state index in [1.807, 2.05) is 24.3 Å². The molecule has 18 heavy (non-hydrogen) atoms. The average Bonchev–Trinajstić information content (AvgIpc) is 2.37. The van der Waals surface area contributed by atoms with Gasteiger partial charge in [0.25, 0.3) is 5.54 Å². The molecular weight excluding hydrogens is 228 g/mol. The molecule has 1 unspecified atom stereocenters. The van der Waals surface area contributed by atoms with Gasteiger partial charge in [-0.2, -0.15) is 21.0 Å². The van der Waals surface area contributed by atoms with Crippen molar-refractivity contribution in [2.45, 2.75) is 12.5 Å². The molecule has 6 nitrogen and oxygen atoms in total. The van der Waals surface area contributed by atoms with Crippen LogP contribution in [-0.4, -0.2) is 29.7 Å². The molecule has 1 aliphatic rings. The fourth-order valence-electron chi connectivity index (χ4n) is 2.10. The van der Waals surface area contributed by atoms with Crippen molar-refractivity contribution in [3.8, 4) is 24.3 Å². The Morgan fingerprint density at radius 3 is 1.89 bits per heavy atom. The highest BCUT2D eigenvalue weighted by Crippen LogP contribution is 2.45. The Morgan fingerprint density at radius 1 is 1.06 bits per heavy atom. The number of nitrogens with zero attached hydrogens (tertiary/aromatic N) is 6. The quantitative estimate of drug-likeness (QED) is 0.670. The van der Waals surface area contributed by atoms with Gasteiger partial charge >= 0.3 is 0 Å². The van der Waals surface area contributed by atoms with Crippen molar-refractivity contribution in [3.63, 3.8) is 0 Å². The normalized spacial score (nSPS) is 23.6. The van der Waals surface area contributed by atoms with Crippen molar-refractivity contribution in [1.29, 1.82) is 21.0 Å². The number of allylic oxidation sites excluding steroid dienone is 1. The molecule has 1 rings (SSSR count). The number of nitriles is 4. The van der Waals surface area contributed by atoms with E-state index >= 15 is 0 Å². The summed E-state index contributed by atoms with van der Waals surface area (Å²) in [6.07, 6.45) is 3.21. The van der Waals surface area contributed by atoms with E-state index < -0.39 is 16.9 Å². The van der Waals surface area contributed by atoms with Gasteiger partial charge in [0.1, 0.15) is 12.1 Å². The first kappa shape index (κ1) is 13.5. The molecule has 0 aromatic rings. The van der Waals surface area contributed by atoms with E-state index in [1.165, 1.54) is 10.0 Å². The lowest BCUT2D eigenvalue weighted by atomic mass is 9.63. The molecule has 1 aliphatic heterocycles. The van der Waals surface area contributed by atoms with E-state index in [0.29, 0.717) is 0 Å². The van der Waals surface area contributed by atoms with E-state index in [0.717, 1.165) is 0 Å². The SMILES string of the molecule is CC1C=CN(N(C)C)C(C#N)(C#N)C1(C#N)C#N. The number of hydrogen-bond donors (Lipinski definition) is 0. The fraction of sp³-hybridized carbons (Fsp3) is 0.500. The van der Waals surface area contributed by atoms with Crippen LogP contribution in [0.25, 0.3) is 0 Å². The molecule has 0 aliphatic carbocycles. The molecule has 0 aromatic carbocycles. The first-order valence-corrected chi connectivity index (χ1v) is 5.25. The van der Waals surface area contributed by atoms with E-state index in [4.69, 9.17) is 0 Å². The van der Waals surface area contributed by atoms with Gasteiger partial charge in [-0.25, -0.2) is 5.01 Å². The second-order valence-electron chi connectivity index (χ2n) is 4.29. The van der Waals surface area contributed by atoms with Crippen LogP contribution in [0.15, 0.2) is 12.3 Å². The second kappa shape index (κ2) is 4.38. The summed E-state index contributed by atoms with van der Waals surface area (Å²) < 4.78 is 0. The highest BCUT2D eigenvalue weighted by Gasteiger charge is 2.63. The first-order chi connectivity index (χ1) is 8.45. The van der Waals surface area contributed by atoms with Gasteiger partial charge in [0.15, 0.2) is 0 Å². The smallest absolute Gasteiger partial charge is 0.260 e. The van der Waals surface area contributed by atoms with Gasteiger partial charge in [-0.3, -0.25) is 5.01 Å². The van der Waals surface area contributed by atoms with Gasteiger partial charge in [0, 0.05) is 26.2 Å². The van der Waals surface area contributed by atoms with Crippen molar-refractivity contribution in [2.75, 3.05) is 14.1 Å². The summed E-state index contributed by atoms with van der Waals surface area (Å²) >= 11 is 0. The standard InChI is InChI=1S/C12H12N6/c1-10-4-5-18(17(2)3)12(8-15,9-16)11(10,6-13)7-14/h4-5,10H,1-3H3. The summed E-state index contributed by atoms with van der Waals surface area (Å²) in [7, 11) is 3.28. The minimum atomic E-state index is -1.85. The van der Waals surface area contributed by atoms with Crippen LogP contribution in [0.1, 0.15) is 6.92 Å². The molecule has 0 saturated heterocycles. The molecule has 0 fully saturated rings. The Balaban J connectivity index is 3.68. The topological polar surface area (TPSA) is 102 Å². The fourth-order valence-corrected chi connectivity index (χ4v) is 2.10. The highest BCUT2D eigenvalue weighted by molar-refractivity contribution is 5.44. The molecule has 0 saturated carbocycles. The van der Waals surface area contributed by atoms with Gasteiger partial charge in [0.05, 0.1) is 12.1 Å².